The Labute approximate surface area is 126 Å². The van der Waals surface area contributed by atoms with E-state index in [9.17, 15) is 18.0 Å². The first-order valence-corrected chi connectivity index (χ1v) is 8.31. The van der Waals surface area contributed by atoms with Crippen LogP contribution in [0.1, 0.15) is 0 Å². The second-order valence-electron chi connectivity index (χ2n) is 5.03. The van der Waals surface area contributed by atoms with Gasteiger partial charge in [0.15, 0.2) is 9.84 Å². The summed E-state index contributed by atoms with van der Waals surface area (Å²) in [6, 6.07) is 6.41. The van der Waals surface area contributed by atoms with E-state index in [-0.39, 0.29) is 17.9 Å². The van der Waals surface area contributed by atoms with Gasteiger partial charge < -0.3 is 5.32 Å². The third-order valence-electron chi connectivity index (χ3n) is 3.33. The Bertz CT molecular complexity index is 930. The summed E-state index contributed by atoms with van der Waals surface area (Å²) in [5, 5.41) is 8.77. The molecule has 0 unspecified atom stereocenters. The van der Waals surface area contributed by atoms with Crippen molar-refractivity contribution in [1.82, 2.24) is 15.1 Å². The van der Waals surface area contributed by atoms with E-state index in [1.165, 1.54) is 12.3 Å². The number of hydrogen-bond acceptors (Lipinski definition) is 5. The first-order chi connectivity index (χ1) is 10.4. The standard InChI is InChI=1S/C14H13N3O4S/c18-13(16-11-5-6-22(20,21)9-11)8-17-14(19)12-4-2-1-3-10(12)7-15-17/h1-7,11H,8-9H2,(H,16,18)/t11-/m0/s1. The topological polar surface area (TPSA) is 98.1 Å². The van der Waals surface area contributed by atoms with Crippen LogP contribution in [0.5, 0.6) is 0 Å². The molecular formula is C14H13N3O4S. The minimum absolute atomic E-state index is 0.154. The van der Waals surface area contributed by atoms with Crippen LogP contribution in [0.3, 0.4) is 0 Å². The molecule has 0 bridgehead atoms. The molecular weight excluding hydrogens is 306 g/mol. The maximum absolute atomic E-state index is 12.2. The first-order valence-electron chi connectivity index (χ1n) is 6.60. The highest BCUT2D eigenvalue weighted by Gasteiger charge is 2.23. The molecule has 114 valence electrons. The molecule has 0 spiro atoms. The van der Waals surface area contributed by atoms with E-state index in [1.54, 1.807) is 24.3 Å². The highest BCUT2D eigenvalue weighted by atomic mass is 32.2. The lowest BCUT2D eigenvalue weighted by Crippen LogP contribution is -2.40. The quantitative estimate of drug-likeness (QED) is 0.846. The summed E-state index contributed by atoms with van der Waals surface area (Å²) >= 11 is 0. The van der Waals surface area contributed by atoms with E-state index >= 15 is 0 Å². The number of sulfone groups is 1. The molecule has 0 radical (unpaired) electrons. The van der Waals surface area contributed by atoms with Gasteiger partial charge in [-0.15, -0.1) is 0 Å². The summed E-state index contributed by atoms with van der Waals surface area (Å²) in [7, 11) is -3.23. The SMILES string of the molecule is O=C(Cn1ncc2ccccc2c1=O)N[C@H]1C=CS(=O)(=O)C1. The molecule has 0 saturated carbocycles. The molecule has 1 aliphatic heterocycles. The number of aromatic nitrogens is 2. The van der Waals surface area contributed by atoms with Gasteiger partial charge in [0, 0.05) is 10.8 Å². The minimum Gasteiger partial charge on any atom is -0.347 e. The fourth-order valence-corrected chi connectivity index (χ4v) is 3.53. The molecule has 1 amide bonds. The largest absolute Gasteiger partial charge is 0.347 e. The summed E-state index contributed by atoms with van der Waals surface area (Å²) in [5.74, 6) is -0.615. The maximum Gasteiger partial charge on any atom is 0.275 e. The van der Waals surface area contributed by atoms with Crippen LogP contribution in [0.25, 0.3) is 10.8 Å². The van der Waals surface area contributed by atoms with Crippen LogP contribution in [0, 0.1) is 0 Å². The van der Waals surface area contributed by atoms with Crippen molar-refractivity contribution in [3.63, 3.8) is 0 Å². The summed E-state index contributed by atoms with van der Waals surface area (Å²) in [4.78, 5) is 24.1. The monoisotopic (exact) mass is 319 g/mol. The molecule has 3 rings (SSSR count). The van der Waals surface area contributed by atoms with Crippen molar-refractivity contribution >= 4 is 26.5 Å². The number of nitrogens with zero attached hydrogens (tertiary/aromatic N) is 2. The molecule has 0 fully saturated rings. The third-order valence-corrected chi connectivity index (χ3v) is 4.73. The molecule has 1 aliphatic rings. The van der Waals surface area contributed by atoms with Crippen LogP contribution in [0.4, 0.5) is 0 Å². The molecule has 22 heavy (non-hydrogen) atoms. The fourth-order valence-electron chi connectivity index (χ4n) is 2.29. The van der Waals surface area contributed by atoms with Crippen LogP contribution >= 0.6 is 0 Å². The second kappa shape index (κ2) is 5.38. The van der Waals surface area contributed by atoms with E-state index in [0.29, 0.717) is 10.8 Å². The number of nitrogens with one attached hydrogen (secondary N) is 1. The predicted molar refractivity (Wildman–Crippen MR) is 80.9 cm³/mol. The molecule has 7 nitrogen and oxygen atoms in total. The van der Waals surface area contributed by atoms with Gasteiger partial charge in [0.1, 0.15) is 6.54 Å². The van der Waals surface area contributed by atoms with Crippen molar-refractivity contribution in [2.45, 2.75) is 12.6 Å². The normalized spacial score (nSPS) is 19.4. The Hall–Kier alpha value is -2.48. The molecule has 2 aromatic rings. The Balaban J connectivity index is 1.76. The lowest BCUT2D eigenvalue weighted by molar-refractivity contribution is -0.122. The second-order valence-corrected chi connectivity index (χ2v) is 6.96. The number of rotatable bonds is 3. The van der Waals surface area contributed by atoms with Gasteiger partial charge in [-0.3, -0.25) is 9.59 Å². The zero-order chi connectivity index (χ0) is 15.7. The Kier molecular flexibility index (Phi) is 3.53. The summed E-state index contributed by atoms with van der Waals surface area (Å²) in [6.45, 7) is -0.256. The van der Waals surface area contributed by atoms with E-state index in [1.807, 2.05) is 0 Å². The molecule has 1 aromatic carbocycles. The van der Waals surface area contributed by atoms with Crippen LogP contribution in [-0.2, 0) is 21.2 Å². The van der Waals surface area contributed by atoms with Gasteiger partial charge in [-0.25, -0.2) is 13.1 Å². The van der Waals surface area contributed by atoms with Gasteiger partial charge in [0.25, 0.3) is 5.56 Å². The van der Waals surface area contributed by atoms with Crippen LogP contribution < -0.4 is 10.9 Å². The van der Waals surface area contributed by atoms with Gasteiger partial charge in [-0.2, -0.15) is 5.10 Å². The fraction of sp³-hybridized carbons (Fsp3) is 0.214. The molecule has 0 saturated heterocycles. The summed E-state index contributed by atoms with van der Waals surface area (Å²) < 4.78 is 23.6. The minimum atomic E-state index is -3.23. The van der Waals surface area contributed by atoms with E-state index in [4.69, 9.17) is 0 Å². The van der Waals surface area contributed by atoms with Crippen LogP contribution in [-0.4, -0.2) is 35.9 Å². The first kappa shape index (κ1) is 14.5. The third kappa shape index (κ3) is 2.91. The number of benzene rings is 1. The Morgan fingerprint density at radius 1 is 1.36 bits per heavy atom. The number of carbonyl (C=O) groups is 1. The van der Waals surface area contributed by atoms with E-state index in [2.05, 4.69) is 10.4 Å². The zero-order valence-corrected chi connectivity index (χ0v) is 12.3. The number of hydrogen-bond donors (Lipinski definition) is 1. The van der Waals surface area contributed by atoms with Crippen molar-refractivity contribution in [3.05, 3.63) is 52.3 Å². The van der Waals surface area contributed by atoms with Gasteiger partial charge in [0.2, 0.25) is 5.91 Å². The Morgan fingerprint density at radius 3 is 2.86 bits per heavy atom. The molecule has 1 aromatic heterocycles. The van der Waals surface area contributed by atoms with Crippen molar-refractivity contribution in [2.75, 3.05) is 5.75 Å². The van der Waals surface area contributed by atoms with Gasteiger partial charge in [-0.05, 0) is 12.1 Å². The lowest BCUT2D eigenvalue weighted by Gasteiger charge is -2.10. The maximum atomic E-state index is 12.2. The van der Waals surface area contributed by atoms with Crippen molar-refractivity contribution in [3.8, 4) is 0 Å². The van der Waals surface area contributed by atoms with Crippen molar-refractivity contribution in [1.29, 1.82) is 0 Å². The zero-order valence-electron chi connectivity index (χ0n) is 11.5. The van der Waals surface area contributed by atoms with Crippen molar-refractivity contribution in [2.24, 2.45) is 0 Å². The predicted octanol–water partition coefficient (Wildman–Crippen LogP) is -0.177. The summed E-state index contributed by atoms with van der Waals surface area (Å²) in [5.41, 5.74) is -0.358. The number of carbonyl (C=O) groups excluding carboxylic acids is 1. The highest BCUT2D eigenvalue weighted by molar-refractivity contribution is 7.94. The molecule has 1 N–H and O–H groups in total. The average molecular weight is 319 g/mol. The molecule has 0 aliphatic carbocycles. The average Bonchev–Trinajstić information content (AvgIpc) is 2.81. The highest BCUT2D eigenvalue weighted by Crippen LogP contribution is 2.08. The van der Waals surface area contributed by atoms with E-state index in [0.717, 1.165) is 10.1 Å². The van der Waals surface area contributed by atoms with Gasteiger partial charge >= 0.3 is 0 Å². The van der Waals surface area contributed by atoms with Crippen LogP contribution in [0.15, 0.2) is 46.7 Å². The lowest BCUT2D eigenvalue weighted by atomic mass is 10.2. The summed E-state index contributed by atoms with van der Waals surface area (Å²) in [6.07, 6.45) is 2.94. The molecule has 2 heterocycles. The molecule has 1 atom stereocenters. The van der Waals surface area contributed by atoms with E-state index < -0.39 is 21.8 Å². The smallest absolute Gasteiger partial charge is 0.275 e. The number of fused-ring (bicyclic) bond motifs is 1. The number of amides is 1. The van der Waals surface area contributed by atoms with Crippen LogP contribution in [0.2, 0.25) is 0 Å². The Morgan fingerprint density at radius 2 is 2.14 bits per heavy atom. The van der Waals surface area contributed by atoms with Gasteiger partial charge in [-0.1, -0.05) is 18.2 Å². The van der Waals surface area contributed by atoms with Gasteiger partial charge in [0.05, 0.1) is 23.4 Å². The van der Waals surface area contributed by atoms with Crippen molar-refractivity contribution < 1.29 is 13.2 Å². The molecule has 8 heteroatoms.